The number of ether oxygens (including phenoxy) is 1. The van der Waals surface area contributed by atoms with Gasteiger partial charge in [-0.05, 0) is 49.2 Å². The zero-order valence-corrected chi connectivity index (χ0v) is 17.9. The first-order chi connectivity index (χ1) is 14.7. The van der Waals surface area contributed by atoms with Crippen molar-refractivity contribution < 1.29 is 13.9 Å². The number of nitrogens with zero attached hydrogens (tertiary/aromatic N) is 2. The highest BCUT2D eigenvalue weighted by Gasteiger charge is 2.21. The monoisotopic (exact) mass is 412 g/mol. The molecular formula is C25H33FN2O2. The molecule has 162 valence electrons. The Morgan fingerprint density at radius 2 is 1.67 bits per heavy atom. The zero-order valence-electron chi connectivity index (χ0n) is 17.9. The molecule has 0 spiro atoms. The average Bonchev–Trinajstić information content (AvgIpc) is 2.78. The molecule has 0 saturated carbocycles. The van der Waals surface area contributed by atoms with E-state index in [1.807, 2.05) is 6.07 Å². The molecule has 1 saturated heterocycles. The maximum absolute atomic E-state index is 13.0. The molecule has 1 unspecified atom stereocenters. The van der Waals surface area contributed by atoms with Crippen LogP contribution in [0.3, 0.4) is 0 Å². The van der Waals surface area contributed by atoms with Crippen molar-refractivity contribution in [1.29, 1.82) is 0 Å². The Morgan fingerprint density at radius 3 is 2.33 bits per heavy atom. The SMILES string of the molecule is CCCOC(CN1CCN(CCCC(=O)c2ccc(F)cc2)CC1)c1ccccc1. The molecule has 1 aliphatic rings. The third-order valence-corrected chi connectivity index (χ3v) is 5.63. The number of piperazine rings is 1. The van der Waals surface area contributed by atoms with Gasteiger partial charge in [-0.15, -0.1) is 0 Å². The van der Waals surface area contributed by atoms with Gasteiger partial charge in [-0.2, -0.15) is 0 Å². The molecule has 1 aliphatic heterocycles. The van der Waals surface area contributed by atoms with Crippen molar-refractivity contribution in [1.82, 2.24) is 9.80 Å². The fourth-order valence-electron chi connectivity index (χ4n) is 3.86. The second-order valence-electron chi connectivity index (χ2n) is 7.95. The molecular weight excluding hydrogens is 379 g/mol. The van der Waals surface area contributed by atoms with Crippen LogP contribution >= 0.6 is 0 Å². The zero-order chi connectivity index (χ0) is 21.2. The molecule has 4 nitrogen and oxygen atoms in total. The van der Waals surface area contributed by atoms with Gasteiger partial charge in [0.25, 0.3) is 0 Å². The van der Waals surface area contributed by atoms with E-state index in [2.05, 4.69) is 41.0 Å². The first-order valence-corrected chi connectivity index (χ1v) is 11.1. The summed E-state index contributed by atoms with van der Waals surface area (Å²) in [7, 11) is 0. The van der Waals surface area contributed by atoms with Gasteiger partial charge in [-0.25, -0.2) is 4.39 Å². The van der Waals surface area contributed by atoms with E-state index in [-0.39, 0.29) is 17.7 Å². The van der Waals surface area contributed by atoms with Crippen LogP contribution in [-0.2, 0) is 4.74 Å². The smallest absolute Gasteiger partial charge is 0.162 e. The van der Waals surface area contributed by atoms with E-state index in [0.29, 0.717) is 12.0 Å². The van der Waals surface area contributed by atoms with E-state index in [1.54, 1.807) is 12.1 Å². The summed E-state index contributed by atoms with van der Waals surface area (Å²) in [6.07, 6.45) is 2.48. The Balaban J connectivity index is 1.39. The Labute approximate surface area is 179 Å². The number of halogens is 1. The lowest BCUT2D eigenvalue weighted by molar-refractivity contribution is 0.0123. The van der Waals surface area contributed by atoms with Crippen LogP contribution in [0.1, 0.15) is 48.2 Å². The van der Waals surface area contributed by atoms with Crippen molar-refractivity contribution in [3.63, 3.8) is 0 Å². The summed E-state index contributed by atoms with van der Waals surface area (Å²) < 4.78 is 19.1. The number of carbonyl (C=O) groups excluding carboxylic acids is 1. The predicted octanol–water partition coefficient (Wildman–Crippen LogP) is 4.57. The van der Waals surface area contributed by atoms with Crippen molar-refractivity contribution in [2.75, 3.05) is 45.9 Å². The minimum atomic E-state index is -0.306. The molecule has 0 N–H and O–H groups in total. The van der Waals surface area contributed by atoms with Crippen LogP contribution in [0.4, 0.5) is 4.39 Å². The van der Waals surface area contributed by atoms with E-state index in [1.165, 1.54) is 17.7 Å². The van der Waals surface area contributed by atoms with Gasteiger partial charge in [0.05, 0.1) is 6.10 Å². The first kappa shape index (κ1) is 22.6. The van der Waals surface area contributed by atoms with Crippen LogP contribution in [0, 0.1) is 5.82 Å². The molecule has 0 aliphatic carbocycles. The quantitative estimate of drug-likeness (QED) is 0.506. The number of benzene rings is 2. The van der Waals surface area contributed by atoms with E-state index < -0.39 is 0 Å². The van der Waals surface area contributed by atoms with Gasteiger partial charge in [0, 0.05) is 51.3 Å². The molecule has 3 rings (SSSR count). The molecule has 1 heterocycles. The van der Waals surface area contributed by atoms with Gasteiger partial charge in [-0.1, -0.05) is 37.3 Å². The summed E-state index contributed by atoms with van der Waals surface area (Å²) in [6.45, 7) is 8.83. The minimum Gasteiger partial charge on any atom is -0.372 e. The fraction of sp³-hybridized carbons (Fsp3) is 0.480. The molecule has 0 aromatic heterocycles. The highest BCUT2D eigenvalue weighted by molar-refractivity contribution is 5.95. The van der Waals surface area contributed by atoms with Gasteiger partial charge in [0.2, 0.25) is 0 Å². The lowest BCUT2D eigenvalue weighted by Crippen LogP contribution is -2.47. The summed E-state index contributed by atoms with van der Waals surface area (Å²) in [5.74, 6) is -0.216. The molecule has 5 heteroatoms. The summed E-state index contributed by atoms with van der Waals surface area (Å²) in [6, 6.07) is 16.3. The largest absolute Gasteiger partial charge is 0.372 e. The Kier molecular flexibility index (Phi) is 9.00. The van der Waals surface area contributed by atoms with Gasteiger partial charge in [0.15, 0.2) is 5.78 Å². The molecule has 0 radical (unpaired) electrons. The average molecular weight is 413 g/mol. The van der Waals surface area contributed by atoms with Gasteiger partial charge >= 0.3 is 0 Å². The highest BCUT2D eigenvalue weighted by Crippen LogP contribution is 2.20. The second kappa shape index (κ2) is 11.9. The molecule has 1 atom stereocenters. The second-order valence-corrected chi connectivity index (χ2v) is 7.95. The van der Waals surface area contributed by atoms with Crippen LogP contribution < -0.4 is 0 Å². The van der Waals surface area contributed by atoms with Crippen LogP contribution in [0.5, 0.6) is 0 Å². The number of hydrogen-bond donors (Lipinski definition) is 0. The molecule has 0 amide bonds. The van der Waals surface area contributed by atoms with Crippen molar-refractivity contribution in [2.24, 2.45) is 0 Å². The van der Waals surface area contributed by atoms with E-state index in [0.717, 1.165) is 58.7 Å². The number of rotatable bonds is 11. The van der Waals surface area contributed by atoms with Gasteiger partial charge in [-0.3, -0.25) is 9.69 Å². The standard InChI is InChI=1S/C25H33FN2O2/c1-2-19-30-25(22-7-4-3-5-8-22)20-28-17-15-27(16-18-28)14-6-9-24(29)21-10-12-23(26)13-11-21/h3-5,7-8,10-13,25H,2,6,9,14-20H2,1H3. The maximum atomic E-state index is 13.0. The van der Waals surface area contributed by atoms with E-state index >= 15 is 0 Å². The van der Waals surface area contributed by atoms with Crippen LogP contribution in [-0.4, -0.2) is 61.5 Å². The van der Waals surface area contributed by atoms with Gasteiger partial charge in [0.1, 0.15) is 5.82 Å². The van der Waals surface area contributed by atoms with Crippen LogP contribution in [0.2, 0.25) is 0 Å². The Bertz CT molecular complexity index is 758. The Morgan fingerprint density at radius 1 is 1.00 bits per heavy atom. The van der Waals surface area contributed by atoms with Crippen LogP contribution in [0.15, 0.2) is 54.6 Å². The lowest BCUT2D eigenvalue weighted by atomic mass is 10.1. The molecule has 2 aromatic rings. The lowest BCUT2D eigenvalue weighted by Gasteiger charge is -2.36. The predicted molar refractivity (Wildman–Crippen MR) is 118 cm³/mol. The molecule has 1 fully saturated rings. The van der Waals surface area contributed by atoms with Crippen molar-refractivity contribution in [2.45, 2.75) is 32.3 Å². The van der Waals surface area contributed by atoms with E-state index in [4.69, 9.17) is 4.74 Å². The third kappa shape index (κ3) is 7.01. The number of carbonyl (C=O) groups is 1. The first-order valence-electron chi connectivity index (χ1n) is 11.1. The molecule has 30 heavy (non-hydrogen) atoms. The third-order valence-electron chi connectivity index (χ3n) is 5.63. The molecule has 2 aromatic carbocycles. The number of ketones is 1. The van der Waals surface area contributed by atoms with Crippen molar-refractivity contribution in [3.05, 3.63) is 71.5 Å². The van der Waals surface area contributed by atoms with Crippen LogP contribution in [0.25, 0.3) is 0 Å². The summed E-state index contributed by atoms with van der Waals surface area (Å²) in [4.78, 5) is 17.1. The summed E-state index contributed by atoms with van der Waals surface area (Å²) in [5, 5.41) is 0. The summed E-state index contributed by atoms with van der Waals surface area (Å²) >= 11 is 0. The number of hydrogen-bond acceptors (Lipinski definition) is 4. The van der Waals surface area contributed by atoms with Crippen molar-refractivity contribution in [3.8, 4) is 0 Å². The minimum absolute atomic E-state index is 0.0902. The molecule has 0 bridgehead atoms. The van der Waals surface area contributed by atoms with Crippen molar-refractivity contribution >= 4 is 5.78 Å². The maximum Gasteiger partial charge on any atom is 0.162 e. The number of Topliss-reactive ketones (excluding diaryl/α,β-unsaturated/α-hetero) is 1. The normalized spacial score (nSPS) is 16.5. The van der Waals surface area contributed by atoms with E-state index in [9.17, 15) is 9.18 Å². The summed E-state index contributed by atoms with van der Waals surface area (Å²) in [5.41, 5.74) is 1.84. The fourth-order valence-corrected chi connectivity index (χ4v) is 3.86. The highest BCUT2D eigenvalue weighted by atomic mass is 19.1. The topological polar surface area (TPSA) is 32.8 Å². The Hall–Kier alpha value is -2.08. The van der Waals surface area contributed by atoms with Gasteiger partial charge < -0.3 is 9.64 Å².